The van der Waals surface area contributed by atoms with Crippen LogP contribution < -0.4 is 5.32 Å². The van der Waals surface area contributed by atoms with Crippen molar-refractivity contribution in [2.75, 3.05) is 6.54 Å². The van der Waals surface area contributed by atoms with Gasteiger partial charge in [0.15, 0.2) is 0 Å². The first-order valence-corrected chi connectivity index (χ1v) is 5.68. The van der Waals surface area contributed by atoms with Gasteiger partial charge in [0.2, 0.25) is 0 Å². The van der Waals surface area contributed by atoms with Gasteiger partial charge in [-0.2, -0.15) is 0 Å². The SMILES string of the molecule is C1CCC(CCC2CCN2)CC1. The van der Waals surface area contributed by atoms with Crippen LogP contribution in [-0.4, -0.2) is 12.6 Å². The molecule has 0 radical (unpaired) electrons. The van der Waals surface area contributed by atoms with E-state index in [9.17, 15) is 0 Å². The van der Waals surface area contributed by atoms with E-state index in [1.807, 2.05) is 0 Å². The quantitative estimate of drug-likeness (QED) is 0.681. The van der Waals surface area contributed by atoms with Crippen molar-refractivity contribution >= 4 is 0 Å². The maximum atomic E-state index is 3.49. The lowest BCUT2D eigenvalue weighted by Gasteiger charge is -2.30. The van der Waals surface area contributed by atoms with Crippen LogP contribution in [0, 0.1) is 5.92 Å². The Bertz CT molecular complexity index is 123. The second kappa shape index (κ2) is 4.27. The van der Waals surface area contributed by atoms with Crippen molar-refractivity contribution in [3.05, 3.63) is 0 Å². The highest BCUT2D eigenvalue weighted by Crippen LogP contribution is 2.28. The molecule has 0 amide bonds. The Labute approximate surface area is 75.9 Å². The molecule has 1 aliphatic heterocycles. The van der Waals surface area contributed by atoms with E-state index in [4.69, 9.17) is 0 Å². The molecular formula is C11H21N. The summed E-state index contributed by atoms with van der Waals surface area (Å²) in [5.74, 6) is 1.08. The molecule has 1 saturated heterocycles. The van der Waals surface area contributed by atoms with Gasteiger partial charge in [0.1, 0.15) is 0 Å². The van der Waals surface area contributed by atoms with E-state index in [0.717, 1.165) is 12.0 Å². The molecule has 0 aromatic heterocycles. The van der Waals surface area contributed by atoms with Crippen molar-refractivity contribution in [2.24, 2.45) is 5.92 Å². The molecule has 1 N–H and O–H groups in total. The Morgan fingerprint density at radius 3 is 2.25 bits per heavy atom. The maximum Gasteiger partial charge on any atom is 0.00792 e. The Balaban J connectivity index is 1.58. The lowest BCUT2D eigenvalue weighted by Crippen LogP contribution is -2.42. The van der Waals surface area contributed by atoms with Crippen molar-refractivity contribution in [3.63, 3.8) is 0 Å². The largest absolute Gasteiger partial charge is 0.314 e. The second-order valence-corrected chi connectivity index (χ2v) is 4.52. The number of hydrogen-bond acceptors (Lipinski definition) is 1. The average molecular weight is 167 g/mol. The molecule has 0 aromatic carbocycles. The molecule has 0 aromatic rings. The molecule has 1 heterocycles. The fourth-order valence-electron chi connectivity index (χ4n) is 2.51. The van der Waals surface area contributed by atoms with E-state index < -0.39 is 0 Å². The minimum atomic E-state index is 0.895. The van der Waals surface area contributed by atoms with Crippen LogP contribution in [-0.2, 0) is 0 Å². The van der Waals surface area contributed by atoms with Crippen LogP contribution in [0.25, 0.3) is 0 Å². The predicted octanol–water partition coefficient (Wildman–Crippen LogP) is 2.71. The van der Waals surface area contributed by atoms with E-state index in [2.05, 4.69) is 5.32 Å². The first-order valence-electron chi connectivity index (χ1n) is 5.68. The van der Waals surface area contributed by atoms with Crippen molar-refractivity contribution < 1.29 is 0 Å². The minimum Gasteiger partial charge on any atom is -0.314 e. The summed E-state index contributed by atoms with van der Waals surface area (Å²) in [5.41, 5.74) is 0. The number of rotatable bonds is 3. The number of hydrogen-bond donors (Lipinski definition) is 1. The summed E-state index contributed by atoms with van der Waals surface area (Å²) in [7, 11) is 0. The van der Waals surface area contributed by atoms with Gasteiger partial charge in [0.25, 0.3) is 0 Å². The van der Waals surface area contributed by atoms with Crippen molar-refractivity contribution in [1.82, 2.24) is 5.32 Å². The molecular weight excluding hydrogens is 146 g/mol. The third-order valence-corrected chi connectivity index (χ3v) is 3.57. The van der Waals surface area contributed by atoms with E-state index in [1.165, 1.54) is 57.9 Å². The standard InChI is InChI=1S/C11H21N/c1-2-4-10(5-3-1)6-7-11-8-9-12-11/h10-12H,1-9H2. The van der Waals surface area contributed by atoms with E-state index in [-0.39, 0.29) is 0 Å². The molecule has 2 fully saturated rings. The zero-order valence-electron chi connectivity index (χ0n) is 8.02. The summed E-state index contributed by atoms with van der Waals surface area (Å²) in [6.07, 6.45) is 11.9. The highest BCUT2D eigenvalue weighted by molar-refractivity contribution is 4.78. The Morgan fingerprint density at radius 2 is 1.67 bits per heavy atom. The summed E-state index contributed by atoms with van der Waals surface area (Å²) in [5, 5.41) is 3.49. The Hall–Kier alpha value is -0.0400. The zero-order chi connectivity index (χ0) is 8.23. The maximum absolute atomic E-state index is 3.49. The Morgan fingerprint density at radius 1 is 0.917 bits per heavy atom. The molecule has 0 spiro atoms. The molecule has 1 atom stereocenters. The van der Waals surface area contributed by atoms with Crippen LogP contribution in [0.15, 0.2) is 0 Å². The van der Waals surface area contributed by atoms with Gasteiger partial charge >= 0.3 is 0 Å². The van der Waals surface area contributed by atoms with Gasteiger partial charge < -0.3 is 5.32 Å². The normalized spacial score (nSPS) is 31.5. The highest BCUT2D eigenvalue weighted by atomic mass is 15.0. The van der Waals surface area contributed by atoms with Crippen LogP contribution in [0.4, 0.5) is 0 Å². The van der Waals surface area contributed by atoms with Crippen LogP contribution in [0.1, 0.15) is 51.4 Å². The molecule has 70 valence electrons. The van der Waals surface area contributed by atoms with Gasteiger partial charge in [-0.3, -0.25) is 0 Å². The lowest BCUT2D eigenvalue weighted by atomic mass is 9.84. The number of nitrogens with one attached hydrogen (secondary N) is 1. The first-order chi connectivity index (χ1) is 5.95. The van der Waals surface area contributed by atoms with Gasteiger partial charge in [0, 0.05) is 6.04 Å². The van der Waals surface area contributed by atoms with Crippen LogP contribution in [0.5, 0.6) is 0 Å². The van der Waals surface area contributed by atoms with Crippen molar-refractivity contribution in [2.45, 2.75) is 57.4 Å². The molecule has 1 nitrogen and oxygen atoms in total. The third kappa shape index (κ3) is 2.22. The molecule has 1 aliphatic carbocycles. The van der Waals surface area contributed by atoms with Crippen LogP contribution in [0.2, 0.25) is 0 Å². The topological polar surface area (TPSA) is 12.0 Å². The van der Waals surface area contributed by atoms with Crippen molar-refractivity contribution in [3.8, 4) is 0 Å². The van der Waals surface area contributed by atoms with Gasteiger partial charge in [-0.25, -0.2) is 0 Å². The molecule has 1 saturated carbocycles. The fourth-order valence-corrected chi connectivity index (χ4v) is 2.51. The van der Waals surface area contributed by atoms with E-state index in [1.54, 1.807) is 0 Å². The third-order valence-electron chi connectivity index (χ3n) is 3.57. The molecule has 0 bridgehead atoms. The lowest BCUT2D eigenvalue weighted by molar-refractivity contribution is 0.279. The summed E-state index contributed by atoms with van der Waals surface area (Å²) in [6, 6.07) is 0.895. The monoisotopic (exact) mass is 167 g/mol. The first kappa shape index (κ1) is 8.55. The van der Waals surface area contributed by atoms with Gasteiger partial charge in [-0.05, 0) is 31.7 Å². The summed E-state index contributed by atoms with van der Waals surface area (Å²) >= 11 is 0. The molecule has 2 aliphatic rings. The van der Waals surface area contributed by atoms with Gasteiger partial charge in [-0.15, -0.1) is 0 Å². The van der Waals surface area contributed by atoms with Gasteiger partial charge in [-0.1, -0.05) is 32.1 Å². The smallest absolute Gasteiger partial charge is 0.00792 e. The summed E-state index contributed by atoms with van der Waals surface area (Å²) in [6.45, 7) is 1.27. The van der Waals surface area contributed by atoms with E-state index in [0.29, 0.717) is 0 Å². The van der Waals surface area contributed by atoms with Crippen LogP contribution >= 0.6 is 0 Å². The summed E-state index contributed by atoms with van der Waals surface area (Å²) < 4.78 is 0. The Kier molecular flexibility index (Phi) is 3.04. The molecule has 2 rings (SSSR count). The van der Waals surface area contributed by atoms with Crippen molar-refractivity contribution in [1.29, 1.82) is 0 Å². The minimum absolute atomic E-state index is 0.895. The predicted molar refractivity (Wildman–Crippen MR) is 52.2 cm³/mol. The molecule has 1 heteroatoms. The van der Waals surface area contributed by atoms with E-state index >= 15 is 0 Å². The average Bonchev–Trinajstić information content (AvgIpc) is 2.04. The highest BCUT2D eigenvalue weighted by Gasteiger charge is 2.19. The summed E-state index contributed by atoms with van der Waals surface area (Å²) in [4.78, 5) is 0. The van der Waals surface area contributed by atoms with Gasteiger partial charge in [0.05, 0.1) is 0 Å². The fraction of sp³-hybridized carbons (Fsp3) is 1.00. The second-order valence-electron chi connectivity index (χ2n) is 4.52. The molecule has 1 unspecified atom stereocenters. The van der Waals surface area contributed by atoms with Crippen LogP contribution in [0.3, 0.4) is 0 Å². The molecule has 12 heavy (non-hydrogen) atoms. The zero-order valence-corrected chi connectivity index (χ0v) is 8.02.